The third-order valence-corrected chi connectivity index (χ3v) is 4.03. The van der Waals surface area contributed by atoms with E-state index in [0.717, 1.165) is 0 Å². The van der Waals surface area contributed by atoms with Gasteiger partial charge >= 0.3 is 0 Å². The minimum Gasteiger partial charge on any atom is -0.293 e. The zero-order valence-corrected chi connectivity index (χ0v) is 13.0. The van der Waals surface area contributed by atoms with Crippen LogP contribution in [0.3, 0.4) is 0 Å². The number of Topliss-reactive ketones (excluding diaryl/α,β-unsaturated/α-hetero) is 1. The Labute approximate surface area is 126 Å². The lowest BCUT2D eigenvalue weighted by Crippen LogP contribution is -2.15. The molecule has 0 bridgehead atoms. The van der Waals surface area contributed by atoms with Gasteiger partial charge in [0.25, 0.3) is 0 Å². The summed E-state index contributed by atoms with van der Waals surface area (Å²) in [5.74, 6) is 0.0324. The number of tetrazole rings is 1. The molecule has 2 rings (SSSR count). The Morgan fingerprint density at radius 3 is 2.50 bits per heavy atom. The monoisotopic (exact) mass is 310 g/mol. The first-order valence-electron chi connectivity index (χ1n) is 6.23. The molecule has 0 spiro atoms. The van der Waals surface area contributed by atoms with Gasteiger partial charge in [0.1, 0.15) is 0 Å². The number of ketones is 1. The molecule has 0 aliphatic carbocycles. The lowest BCUT2D eigenvalue weighted by Gasteiger charge is -2.11. The lowest BCUT2D eigenvalue weighted by molar-refractivity contribution is 0.0994. The normalized spacial score (nSPS) is 12.7. The van der Waals surface area contributed by atoms with Crippen LogP contribution in [0.1, 0.15) is 37.2 Å². The van der Waals surface area contributed by atoms with Gasteiger partial charge in [-0.1, -0.05) is 23.4 Å². The molecule has 0 aliphatic heterocycles. The fourth-order valence-corrected chi connectivity index (χ4v) is 2.77. The standard InChI is InChI=1S/C13H15ClN4OS/c1-8(2)18-13(15-16-17-18)20-9(3)12(19)10-4-6-11(14)7-5-10/h4-9H,1-3H3. The van der Waals surface area contributed by atoms with E-state index in [-0.39, 0.29) is 17.1 Å². The Morgan fingerprint density at radius 2 is 1.90 bits per heavy atom. The Kier molecular flexibility index (Phi) is 4.77. The number of halogens is 1. The molecule has 20 heavy (non-hydrogen) atoms. The summed E-state index contributed by atoms with van der Waals surface area (Å²) in [5.41, 5.74) is 0.637. The van der Waals surface area contributed by atoms with Crippen LogP contribution >= 0.6 is 23.4 Å². The van der Waals surface area contributed by atoms with Crippen molar-refractivity contribution in [3.05, 3.63) is 34.9 Å². The molecule has 1 aromatic carbocycles. The van der Waals surface area contributed by atoms with Crippen molar-refractivity contribution in [1.29, 1.82) is 0 Å². The molecule has 7 heteroatoms. The van der Waals surface area contributed by atoms with E-state index in [0.29, 0.717) is 15.7 Å². The molecule has 1 heterocycles. The second-order valence-corrected chi connectivity index (χ2v) is 6.38. The van der Waals surface area contributed by atoms with E-state index in [4.69, 9.17) is 11.6 Å². The minimum atomic E-state index is -0.264. The maximum atomic E-state index is 12.3. The van der Waals surface area contributed by atoms with Gasteiger partial charge in [0.15, 0.2) is 5.78 Å². The highest BCUT2D eigenvalue weighted by molar-refractivity contribution is 8.00. The van der Waals surface area contributed by atoms with E-state index >= 15 is 0 Å². The molecule has 0 amide bonds. The fraction of sp³-hybridized carbons (Fsp3) is 0.385. The second-order valence-electron chi connectivity index (χ2n) is 4.63. The fourth-order valence-electron chi connectivity index (χ4n) is 1.65. The van der Waals surface area contributed by atoms with Crippen LogP contribution in [0.25, 0.3) is 0 Å². The molecular weight excluding hydrogens is 296 g/mol. The van der Waals surface area contributed by atoms with Gasteiger partial charge in [-0.25, -0.2) is 4.68 Å². The van der Waals surface area contributed by atoms with Crippen molar-refractivity contribution < 1.29 is 4.79 Å². The number of benzene rings is 1. The average Bonchev–Trinajstić information content (AvgIpc) is 2.87. The SMILES string of the molecule is CC(Sc1nnnn1C(C)C)C(=O)c1ccc(Cl)cc1. The van der Waals surface area contributed by atoms with Crippen molar-refractivity contribution >= 4 is 29.1 Å². The van der Waals surface area contributed by atoms with Crippen LogP contribution in [0, 0.1) is 0 Å². The molecular formula is C13H15ClN4OS. The molecule has 1 aromatic heterocycles. The van der Waals surface area contributed by atoms with Gasteiger partial charge in [0.05, 0.1) is 11.3 Å². The molecule has 106 valence electrons. The van der Waals surface area contributed by atoms with Gasteiger partial charge in [-0.15, -0.1) is 5.10 Å². The van der Waals surface area contributed by atoms with Crippen molar-refractivity contribution in [3.8, 4) is 0 Å². The Balaban J connectivity index is 2.11. The maximum Gasteiger partial charge on any atom is 0.210 e. The first-order chi connectivity index (χ1) is 9.49. The summed E-state index contributed by atoms with van der Waals surface area (Å²) < 4.78 is 1.70. The number of thioether (sulfide) groups is 1. The minimum absolute atomic E-state index is 0.0324. The number of nitrogens with zero attached hydrogens (tertiary/aromatic N) is 4. The van der Waals surface area contributed by atoms with Gasteiger partial charge in [-0.3, -0.25) is 4.79 Å². The summed E-state index contributed by atoms with van der Waals surface area (Å²) in [6.45, 7) is 5.83. The van der Waals surface area contributed by atoms with Crippen LogP contribution in [-0.2, 0) is 0 Å². The highest BCUT2D eigenvalue weighted by Gasteiger charge is 2.20. The van der Waals surface area contributed by atoms with E-state index in [1.54, 1.807) is 28.9 Å². The number of carbonyl (C=O) groups is 1. The number of hydrogen-bond donors (Lipinski definition) is 0. The molecule has 1 unspecified atom stereocenters. The third-order valence-electron chi connectivity index (χ3n) is 2.73. The third kappa shape index (κ3) is 3.37. The van der Waals surface area contributed by atoms with Gasteiger partial charge in [0.2, 0.25) is 5.16 Å². The van der Waals surface area contributed by atoms with Crippen LogP contribution in [0.4, 0.5) is 0 Å². The Morgan fingerprint density at radius 1 is 1.25 bits per heavy atom. The van der Waals surface area contributed by atoms with Gasteiger partial charge in [0, 0.05) is 10.6 Å². The maximum absolute atomic E-state index is 12.3. The quantitative estimate of drug-likeness (QED) is 0.626. The number of rotatable bonds is 5. The highest BCUT2D eigenvalue weighted by atomic mass is 35.5. The molecule has 5 nitrogen and oxygen atoms in total. The summed E-state index contributed by atoms with van der Waals surface area (Å²) in [7, 11) is 0. The summed E-state index contributed by atoms with van der Waals surface area (Å²) >= 11 is 7.18. The molecule has 0 radical (unpaired) electrons. The van der Waals surface area contributed by atoms with E-state index in [1.165, 1.54) is 11.8 Å². The molecule has 0 aliphatic rings. The van der Waals surface area contributed by atoms with Crippen molar-refractivity contribution in [2.45, 2.75) is 37.2 Å². The first-order valence-corrected chi connectivity index (χ1v) is 7.49. The van der Waals surface area contributed by atoms with Crippen LogP contribution in [0.5, 0.6) is 0 Å². The first kappa shape index (κ1) is 15.0. The lowest BCUT2D eigenvalue weighted by atomic mass is 10.1. The Hall–Kier alpha value is -1.40. The topological polar surface area (TPSA) is 60.7 Å². The summed E-state index contributed by atoms with van der Waals surface area (Å²) in [5, 5.41) is 12.5. The summed E-state index contributed by atoms with van der Waals surface area (Å²) in [6, 6.07) is 7.04. The zero-order chi connectivity index (χ0) is 14.7. The highest BCUT2D eigenvalue weighted by Crippen LogP contribution is 2.25. The van der Waals surface area contributed by atoms with Crippen molar-refractivity contribution in [2.75, 3.05) is 0 Å². The largest absolute Gasteiger partial charge is 0.293 e. The van der Waals surface area contributed by atoms with Crippen LogP contribution in [0.15, 0.2) is 29.4 Å². The number of aromatic nitrogens is 4. The predicted octanol–water partition coefficient (Wildman–Crippen LogP) is 3.27. The molecule has 0 saturated carbocycles. The zero-order valence-electron chi connectivity index (χ0n) is 11.4. The molecule has 1 atom stereocenters. The van der Waals surface area contributed by atoms with Crippen molar-refractivity contribution in [1.82, 2.24) is 20.2 Å². The molecule has 0 fully saturated rings. The van der Waals surface area contributed by atoms with Gasteiger partial charge in [-0.2, -0.15) is 0 Å². The Bertz CT molecular complexity index is 597. The van der Waals surface area contributed by atoms with Gasteiger partial charge in [-0.05, 0) is 55.5 Å². The molecule has 0 saturated heterocycles. The molecule has 0 N–H and O–H groups in total. The van der Waals surface area contributed by atoms with Crippen LogP contribution < -0.4 is 0 Å². The smallest absolute Gasteiger partial charge is 0.210 e. The molecule has 2 aromatic rings. The van der Waals surface area contributed by atoms with Crippen LogP contribution in [0.2, 0.25) is 5.02 Å². The summed E-state index contributed by atoms with van der Waals surface area (Å²) in [4.78, 5) is 12.3. The number of carbonyl (C=O) groups excluding carboxylic acids is 1. The van der Waals surface area contributed by atoms with E-state index in [1.807, 2.05) is 20.8 Å². The number of hydrogen-bond acceptors (Lipinski definition) is 5. The summed E-state index contributed by atoms with van der Waals surface area (Å²) in [6.07, 6.45) is 0. The van der Waals surface area contributed by atoms with E-state index in [9.17, 15) is 4.79 Å². The van der Waals surface area contributed by atoms with E-state index in [2.05, 4.69) is 15.5 Å². The van der Waals surface area contributed by atoms with Crippen molar-refractivity contribution in [3.63, 3.8) is 0 Å². The van der Waals surface area contributed by atoms with Crippen LogP contribution in [-0.4, -0.2) is 31.2 Å². The van der Waals surface area contributed by atoms with Gasteiger partial charge < -0.3 is 0 Å². The van der Waals surface area contributed by atoms with Crippen molar-refractivity contribution in [2.24, 2.45) is 0 Å². The average molecular weight is 311 g/mol. The second kappa shape index (κ2) is 6.37. The predicted molar refractivity (Wildman–Crippen MR) is 79.3 cm³/mol. The van der Waals surface area contributed by atoms with E-state index < -0.39 is 0 Å².